The molecule has 1 heterocycles. The van der Waals surface area contributed by atoms with Gasteiger partial charge >= 0.3 is 0 Å². The van der Waals surface area contributed by atoms with E-state index in [1.54, 1.807) is 0 Å². The molecule has 0 unspecified atom stereocenters. The van der Waals surface area contributed by atoms with Crippen molar-refractivity contribution >= 4 is 23.2 Å². The lowest BCUT2D eigenvalue weighted by molar-refractivity contribution is -0.122. The first kappa shape index (κ1) is 18.3. The topological polar surface area (TPSA) is 61.4 Å². The van der Waals surface area contributed by atoms with E-state index in [9.17, 15) is 9.59 Å². The van der Waals surface area contributed by atoms with E-state index in [1.807, 2.05) is 18.2 Å². The van der Waals surface area contributed by atoms with Crippen LogP contribution in [-0.4, -0.2) is 30.9 Å². The average Bonchev–Trinajstić information content (AvgIpc) is 3.15. The summed E-state index contributed by atoms with van der Waals surface area (Å²) in [5.74, 6) is 0.236. The van der Waals surface area contributed by atoms with Gasteiger partial charge in [0, 0.05) is 36.4 Å². The molecule has 0 bridgehead atoms. The molecule has 0 radical (unpaired) electrons. The number of anilines is 2. The highest BCUT2D eigenvalue weighted by Gasteiger charge is 2.26. The van der Waals surface area contributed by atoms with E-state index in [4.69, 9.17) is 0 Å². The van der Waals surface area contributed by atoms with Crippen molar-refractivity contribution in [3.63, 3.8) is 0 Å². The van der Waals surface area contributed by atoms with E-state index >= 15 is 0 Å². The first-order valence-corrected chi connectivity index (χ1v) is 10.7. The normalized spacial score (nSPS) is 21.0. The van der Waals surface area contributed by atoms with Crippen molar-refractivity contribution in [3.8, 4) is 0 Å². The first-order chi connectivity index (χ1) is 13.2. The summed E-state index contributed by atoms with van der Waals surface area (Å²) in [4.78, 5) is 27.7. The highest BCUT2D eigenvalue weighted by atomic mass is 16.2. The molecule has 1 aromatic rings. The fraction of sp³-hybridized carbons (Fsp3) is 0.636. The second-order valence-corrected chi connectivity index (χ2v) is 8.35. The molecule has 27 heavy (non-hydrogen) atoms. The Bertz CT molecular complexity index is 687. The van der Waals surface area contributed by atoms with Gasteiger partial charge in [0.25, 0.3) is 5.91 Å². The second-order valence-electron chi connectivity index (χ2n) is 8.35. The first-order valence-electron chi connectivity index (χ1n) is 10.7. The number of nitrogens with one attached hydrogen (secondary N) is 2. The third-order valence-corrected chi connectivity index (χ3v) is 6.37. The average molecular weight is 370 g/mol. The summed E-state index contributed by atoms with van der Waals surface area (Å²) in [7, 11) is 0. The van der Waals surface area contributed by atoms with Crippen molar-refractivity contribution in [1.82, 2.24) is 5.32 Å². The number of hydrogen-bond acceptors (Lipinski definition) is 3. The molecular weight excluding hydrogens is 338 g/mol. The number of benzene rings is 1. The van der Waals surface area contributed by atoms with Crippen LogP contribution in [0.1, 0.15) is 74.6 Å². The number of rotatable bonds is 5. The summed E-state index contributed by atoms with van der Waals surface area (Å²) >= 11 is 0. The van der Waals surface area contributed by atoms with Crippen molar-refractivity contribution in [2.45, 2.75) is 70.3 Å². The summed E-state index contributed by atoms with van der Waals surface area (Å²) in [5.41, 5.74) is 2.44. The van der Waals surface area contributed by atoms with Crippen molar-refractivity contribution in [2.75, 3.05) is 23.3 Å². The molecule has 4 rings (SSSR count). The fourth-order valence-electron chi connectivity index (χ4n) is 4.45. The molecular formula is C22H31N3O2. The predicted octanol–water partition coefficient (Wildman–Crippen LogP) is 4.09. The third-order valence-electron chi connectivity index (χ3n) is 6.37. The van der Waals surface area contributed by atoms with Gasteiger partial charge in [0.2, 0.25) is 5.91 Å². The molecule has 1 aliphatic heterocycles. The Morgan fingerprint density at radius 3 is 2.30 bits per heavy atom. The van der Waals surface area contributed by atoms with Crippen molar-refractivity contribution < 1.29 is 9.59 Å². The largest absolute Gasteiger partial charge is 0.371 e. The van der Waals surface area contributed by atoms with Crippen molar-refractivity contribution in [1.29, 1.82) is 0 Å². The molecule has 3 aliphatic rings. The standard InChI is InChI=1S/C22H31N3O2/c26-21(16-7-6-8-16)24-18-11-12-20(25-13-4-5-14-25)19(15-18)22(27)23-17-9-2-1-3-10-17/h11-12,15-17H,1-10,13-14H2,(H,23,27)(H,24,26). The highest BCUT2D eigenvalue weighted by Crippen LogP contribution is 2.31. The van der Waals surface area contributed by atoms with E-state index in [0.717, 1.165) is 56.6 Å². The lowest BCUT2D eigenvalue weighted by atomic mass is 9.85. The van der Waals surface area contributed by atoms with Gasteiger partial charge in [0.15, 0.2) is 0 Å². The van der Waals surface area contributed by atoms with Crippen LogP contribution in [0.5, 0.6) is 0 Å². The molecule has 2 saturated carbocycles. The van der Waals surface area contributed by atoms with Gasteiger partial charge in [-0.3, -0.25) is 9.59 Å². The molecule has 0 aromatic heterocycles. The van der Waals surface area contributed by atoms with E-state index in [1.165, 1.54) is 32.1 Å². The minimum absolute atomic E-state index is 0.00328. The van der Waals surface area contributed by atoms with Gasteiger partial charge in [0.05, 0.1) is 5.56 Å². The maximum atomic E-state index is 13.1. The van der Waals surface area contributed by atoms with E-state index < -0.39 is 0 Å². The third kappa shape index (κ3) is 4.28. The van der Waals surface area contributed by atoms with Gasteiger partial charge in [-0.15, -0.1) is 0 Å². The summed E-state index contributed by atoms with van der Waals surface area (Å²) < 4.78 is 0. The van der Waals surface area contributed by atoms with Gasteiger partial charge < -0.3 is 15.5 Å². The maximum absolute atomic E-state index is 13.1. The molecule has 3 fully saturated rings. The Kier molecular flexibility index (Phi) is 5.65. The van der Waals surface area contributed by atoms with Gasteiger partial charge in [0.1, 0.15) is 0 Å². The summed E-state index contributed by atoms with van der Waals surface area (Å²) in [6, 6.07) is 6.12. The number of hydrogen-bond donors (Lipinski definition) is 2. The Hall–Kier alpha value is -2.04. The molecule has 0 atom stereocenters. The highest BCUT2D eigenvalue weighted by molar-refractivity contribution is 6.02. The van der Waals surface area contributed by atoms with Gasteiger partial charge in [-0.2, -0.15) is 0 Å². The Morgan fingerprint density at radius 2 is 1.63 bits per heavy atom. The quantitative estimate of drug-likeness (QED) is 0.822. The molecule has 1 aromatic carbocycles. The lowest BCUT2D eigenvalue weighted by Gasteiger charge is -2.26. The zero-order chi connectivity index (χ0) is 18.6. The Morgan fingerprint density at radius 1 is 0.889 bits per heavy atom. The molecule has 2 aliphatic carbocycles. The van der Waals surface area contributed by atoms with E-state index in [0.29, 0.717) is 5.56 Å². The number of carbonyl (C=O) groups is 2. The van der Waals surface area contributed by atoms with Crippen LogP contribution in [0.25, 0.3) is 0 Å². The van der Waals surface area contributed by atoms with Gasteiger partial charge in [-0.25, -0.2) is 0 Å². The van der Waals surface area contributed by atoms with Crippen LogP contribution in [0.15, 0.2) is 18.2 Å². The van der Waals surface area contributed by atoms with Crippen LogP contribution in [0.2, 0.25) is 0 Å². The Balaban J connectivity index is 1.53. The zero-order valence-electron chi connectivity index (χ0n) is 16.1. The van der Waals surface area contributed by atoms with E-state index in [-0.39, 0.29) is 23.8 Å². The molecule has 2 amide bonds. The Labute approximate surface area is 161 Å². The second kappa shape index (κ2) is 8.32. The minimum Gasteiger partial charge on any atom is -0.371 e. The predicted molar refractivity (Wildman–Crippen MR) is 108 cm³/mol. The number of carbonyl (C=O) groups excluding carboxylic acids is 2. The zero-order valence-corrected chi connectivity index (χ0v) is 16.1. The number of amides is 2. The molecule has 2 N–H and O–H groups in total. The van der Waals surface area contributed by atoms with Crippen molar-refractivity contribution in [2.24, 2.45) is 5.92 Å². The molecule has 146 valence electrons. The summed E-state index contributed by atoms with van der Waals surface area (Å²) in [6.07, 6.45) is 11.2. The van der Waals surface area contributed by atoms with Gasteiger partial charge in [-0.1, -0.05) is 25.7 Å². The monoisotopic (exact) mass is 369 g/mol. The van der Waals surface area contributed by atoms with Gasteiger partial charge in [-0.05, 0) is 56.7 Å². The molecule has 1 saturated heterocycles. The van der Waals surface area contributed by atoms with Crippen LogP contribution in [0.4, 0.5) is 11.4 Å². The lowest BCUT2D eigenvalue weighted by Crippen LogP contribution is -2.37. The van der Waals surface area contributed by atoms with Crippen LogP contribution in [0.3, 0.4) is 0 Å². The maximum Gasteiger partial charge on any atom is 0.253 e. The van der Waals surface area contributed by atoms with Crippen LogP contribution in [-0.2, 0) is 4.79 Å². The minimum atomic E-state index is 0.00328. The van der Waals surface area contributed by atoms with Crippen LogP contribution >= 0.6 is 0 Å². The number of nitrogens with zero attached hydrogens (tertiary/aromatic N) is 1. The van der Waals surface area contributed by atoms with Crippen LogP contribution in [0, 0.1) is 5.92 Å². The smallest absolute Gasteiger partial charge is 0.253 e. The molecule has 0 spiro atoms. The molecule has 5 heteroatoms. The van der Waals surface area contributed by atoms with Crippen LogP contribution < -0.4 is 15.5 Å². The summed E-state index contributed by atoms with van der Waals surface area (Å²) in [6.45, 7) is 2.00. The van der Waals surface area contributed by atoms with E-state index in [2.05, 4.69) is 15.5 Å². The van der Waals surface area contributed by atoms with Crippen molar-refractivity contribution in [3.05, 3.63) is 23.8 Å². The fourth-order valence-corrected chi connectivity index (χ4v) is 4.45. The SMILES string of the molecule is O=C(NC1CCCCC1)c1cc(NC(=O)C2CCC2)ccc1N1CCCC1. The molecule has 5 nitrogen and oxygen atoms in total. The summed E-state index contributed by atoms with van der Waals surface area (Å²) in [5, 5.41) is 6.27.